The van der Waals surface area contributed by atoms with E-state index in [2.05, 4.69) is 27.3 Å². The number of H-pyrrole nitrogens is 1. The Bertz CT molecular complexity index is 1960. The molecule has 1 unspecified atom stereocenters. The van der Waals surface area contributed by atoms with E-state index >= 15 is 0 Å². The van der Waals surface area contributed by atoms with Crippen LogP contribution in [0.3, 0.4) is 0 Å². The predicted molar refractivity (Wildman–Crippen MR) is 173 cm³/mol. The number of fused-ring (bicyclic) bond motifs is 2. The van der Waals surface area contributed by atoms with E-state index in [0.717, 1.165) is 65.2 Å². The molecule has 0 amide bonds. The summed E-state index contributed by atoms with van der Waals surface area (Å²) in [5.41, 5.74) is 7.46. The van der Waals surface area contributed by atoms with Crippen molar-refractivity contribution in [1.82, 2.24) is 20.2 Å². The fourth-order valence-electron chi connectivity index (χ4n) is 5.20. The van der Waals surface area contributed by atoms with Crippen molar-refractivity contribution in [2.45, 2.75) is 46.3 Å². The number of aromatic amines is 1. The molecule has 0 radical (unpaired) electrons. The monoisotopic (exact) mass is 610 g/mol. The van der Waals surface area contributed by atoms with E-state index in [9.17, 15) is 4.79 Å². The van der Waals surface area contributed by atoms with Gasteiger partial charge in [-0.2, -0.15) is 5.10 Å². The highest BCUT2D eigenvalue weighted by Gasteiger charge is 2.33. The van der Waals surface area contributed by atoms with Crippen LogP contribution in [0.4, 0.5) is 0 Å². The van der Waals surface area contributed by atoms with Gasteiger partial charge in [0.05, 0.1) is 39.8 Å². The molecule has 43 heavy (non-hydrogen) atoms. The number of carbonyl (C=O) groups is 1. The van der Waals surface area contributed by atoms with Gasteiger partial charge in [0, 0.05) is 38.9 Å². The maximum atomic E-state index is 13.4. The summed E-state index contributed by atoms with van der Waals surface area (Å²) in [5.74, 6) is -0.423. The molecule has 0 aliphatic heterocycles. The second-order valence-corrected chi connectivity index (χ2v) is 12.8. The average Bonchev–Trinajstić information content (AvgIpc) is 3.62. The van der Waals surface area contributed by atoms with Crippen LogP contribution in [0.25, 0.3) is 54.1 Å². The second kappa shape index (κ2) is 11.5. The standard InChI is InChI=1S/C34H31ClN4O3S/c1-6-41-33(40)30(42-34(3,4)5)28-19(2)15-27-31(29(28)20-7-10-24(35)11-8-20)43-32(38-27)22-13-14-36-26(17-22)21-9-12-25-23(16-21)18-37-39-25/h7-18,30H,6H2,1-5H3,(H,37,39). The largest absolute Gasteiger partial charge is 0.464 e. The van der Waals surface area contributed by atoms with Gasteiger partial charge in [0.1, 0.15) is 5.01 Å². The van der Waals surface area contributed by atoms with E-state index in [1.165, 1.54) is 0 Å². The van der Waals surface area contributed by atoms with Crippen molar-refractivity contribution in [3.05, 3.63) is 89.2 Å². The minimum absolute atomic E-state index is 0.253. The molecule has 0 spiro atoms. The van der Waals surface area contributed by atoms with Gasteiger partial charge in [-0.3, -0.25) is 10.1 Å². The Hall–Kier alpha value is -4.11. The molecular weight excluding hydrogens is 580 g/mol. The molecule has 3 aromatic carbocycles. The zero-order valence-corrected chi connectivity index (χ0v) is 26.1. The Kier molecular flexibility index (Phi) is 7.77. The van der Waals surface area contributed by atoms with Crippen molar-refractivity contribution in [3.8, 4) is 33.0 Å². The number of benzene rings is 3. The predicted octanol–water partition coefficient (Wildman–Crippen LogP) is 8.95. The van der Waals surface area contributed by atoms with Crippen LogP contribution in [0.2, 0.25) is 5.02 Å². The van der Waals surface area contributed by atoms with Gasteiger partial charge in [-0.25, -0.2) is 9.78 Å². The minimum Gasteiger partial charge on any atom is -0.464 e. The Labute approximate surface area is 258 Å². The van der Waals surface area contributed by atoms with E-state index in [1.807, 2.05) is 76.2 Å². The molecule has 3 aromatic heterocycles. The molecule has 0 saturated carbocycles. The Morgan fingerprint density at radius 2 is 1.79 bits per heavy atom. The molecule has 6 rings (SSSR count). The quantitative estimate of drug-likeness (QED) is 0.181. The van der Waals surface area contributed by atoms with Gasteiger partial charge < -0.3 is 9.47 Å². The summed E-state index contributed by atoms with van der Waals surface area (Å²) in [4.78, 5) is 23.1. The second-order valence-electron chi connectivity index (χ2n) is 11.3. The number of hydrogen-bond donors (Lipinski definition) is 1. The number of pyridine rings is 1. The highest BCUT2D eigenvalue weighted by atomic mass is 35.5. The number of aryl methyl sites for hydroxylation is 1. The third-order valence-electron chi connectivity index (χ3n) is 7.04. The number of nitrogens with one attached hydrogen (secondary N) is 1. The summed E-state index contributed by atoms with van der Waals surface area (Å²) in [6.45, 7) is 9.85. The highest BCUT2D eigenvalue weighted by Crippen LogP contribution is 2.45. The zero-order chi connectivity index (χ0) is 30.3. The molecular formula is C34H31ClN4O3S. The number of carbonyl (C=O) groups excluding carboxylic acids is 1. The topological polar surface area (TPSA) is 90.0 Å². The Morgan fingerprint density at radius 1 is 1.02 bits per heavy atom. The van der Waals surface area contributed by atoms with Crippen molar-refractivity contribution in [1.29, 1.82) is 0 Å². The number of ether oxygens (including phenoxy) is 2. The van der Waals surface area contributed by atoms with Crippen LogP contribution in [-0.4, -0.2) is 38.3 Å². The van der Waals surface area contributed by atoms with E-state index in [0.29, 0.717) is 5.02 Å². The number of halogens is 1. The lowest BCUT2D eigenvalue weighted by atomic mass is 9.91. The van der Waals surface area contributed by atoms with Gasteiger partial charge >= 0.3 is 5.97 Å². The van der Waals surface area contributed by atoms with Gasteiger partial charge in [-0.1, -0.05) is 29.8 Å². The van der Waals surface area contributed by atoms with Crippen LogP contribution in [0.5, 0.6) is 0 Å². The first kappa shape index (κ1) is 29.0. The molecule has 6 aromatic rings. The SMILES string of the molecule is CCOC(=O)C(OC(C)(C)C)c1c(C)cc2nc(-c3ccnc(-c4ccc5[nH]ncc5c4)c3)sc2c1-c1ccc(Cl)cc1. The smallest absolute Gasteiger partial charge is 0.339 e. The van der Waals surface area contributed by atoms with Crippen LogP contribution in [-0.2, 0) is 14.3 Å². The third-order valence-corrected chi connectivity index (χ3v) is 8.43. The molecule has 1 atom stereocenters. The Balaban J connectivity index is 1.54. The van der Waals surface area contributed by atoms with Gasteiger partial charge in [-0.05, 0) is 88.2 Å². The molecule has 218 valence electrons. The van der Waals surface area contributed by atoms with Gasteiger partial charge in [0.25, 0.3) is 0 Å². The fourth-order valence-corrected chi connectivity index (χ4v) is 6.44. The number of hydrogen-bond acceptors (Lipinski definition) is 7. The molecule has 3 heterocycles. The van der Waals surface area contributed by atoms with Gasteiger partial charge in [0.2, 0.25) is 0 Å². The van der Waals surface area contributed by atoms with E-state index in [-0.39, 0.29) is 6.61 Å². The van der Waals surface area contributed by atoms with Crippen LogP contribution < -0.4 is 0 Å². The van der Waals surface area contributed by atoms with E-state index in [1.54, 1.807) is 30.7 Å². The number of esters is 1. The summed E-state index contributed by atoms with van der Waals surface area (Å²) in [7, 11) is 0. The summed E-state index contributed by atoms with van der Waals surface area (Å²) < 4.78 is 12.9. The first-order valence-corrected chi connectivity index (χ1v) is 15.2. The molecule has 1 N–H and O–H groups in total. The molecule has 0 aliphatic rings. The van der Waals surface area contributed by atoms with Crippen molar-refractivity contribution in [2.24, 2.45) is 0 Å². The van der Waals surface area contributed by atoms with E-state index in [4.69, 9.17) is 26.1 Å². The average molecular weight is 611 g/mol. The van der Waals surface area contributed by atoms with Crippen molar-refractivity contribution in [3.63, 3.8) is 0 Å². The lowest BCUT2D eigenvalue weighted by Gasteiger charge is -2.29. The van der Waals surface area contributed by atoms with Crippen molar-refractivity contribution >= 4 is 50.0 Å². The Morgan fingerprint density at radius 3 is 2.53 bits per heavy atom. The first-order valence-electron chi connectivity index (χ1n) is 14.1. The van der Waals surface area contributed by atoms with E-state index < -0.39 is 17.7 Å². The van der Waals surface area contributed by atoms with Crippen molar-refractivity contribution in [2.75, 3.05) is 6.61 Å². The fraction of sp³-hybridized carbons (Fsp3) is 0.235. The highest BCUT2D eigenvalue weighted by molar-refractivity contribution is 7.22. The summed E-state index contributed by atoms with van der Waals surface area (Å²) >= 11 is 7.86. The van der Waals surface area contributed by atoms with Crippen LogP contribution in [0.1, 0.15) is 44.9 Å². The van der Waals surface area contributed by atoms with Crippen molar-refractivity contribution < 1.29 is 14.3 Å². The molecule has 0 bridgehead atoms. The number of rotatable bonds is 7. The lowest BCUT2D eigenvalue weighted by molar-refractivity contribution is -0.166. The molecule has 0 aliphatic carbocycles. The summed E-state index contributed by atoms with van der Waals surface area (Å²) in [6, 6.07) is 19.8. The maximum Gasteiger partial charge on any atom is 0.339 e. The normalized spacial score (nSPS) is 12.6. The maximum absolute atomic E-state index is 13.4. The molecule has 0 saturated heterocycles. The lowest BCUT2D eigenvalue weighted by Crippen LogP contribution is -2.29. The molecule has 7 nitrogen and oxygen atoms in total. The first-order chi connectivity index (χ1) is 20.6. The number of thiazole rings is 1. The number of nitrogens with zero attached hydrogens (tertiary/aromatic N) is 3. The molecule has 9 heteroatoms. The minimum atomic E-state index is -0.925. The van der Waals surface area contributed by atoms with Gasteiger partial charge in [-0.15, -0.1) is 11.3 Å². The van der Waals surface area contributed by atoms with Crippen LogP contribution in [0, 0.1) is 6.92 Å². The third kappa shape index (κ3) is 5.91. The van der Waals surface area contributed by atoms with Crippen LogP contribution in [0.15, 0.2) is 73.1 Å². The number of aromatic nitrogens is 4. The molecule has 0 fully saturated rings. The van der Waals surface area contributed by atoms with Gasteiger partial charge in [0.15, 0.2) is 6.10 Å². The van der Waals surface area contributed by atoms with Crippen LogP contribution >= 0.6 is 22.9 Å². The zero-order valence-electron chi connectivity index (χ0n) is 24.6. The summed E-state index contributed by atoms with van der Waals surface area (Å²) in [6.07, 6.45) is 2.69. The summed E-state index contributed by atoms with van der Waals surface area (Å²) in [5, 5.41) is 9.62.